The van der Waals surface area contributed by atoms with Gasteiger partial charge in [-0.1, -0.05) is 36.4 Å². The van der Waals surface area contributed by atoms with E-state index in [2.05, 4.69) is 74.0 Å². The fourth-order valence-corrected chi connectivity index (χ4v) is 2.93. The van der Waals surface area contributed by atoms with E-state index in [1.165, 1.54) is 21.7 Å². The Morgan fingerprint density at radius 3 is 2.55 bits per heavy atom. The van der Waals surface area contributed by atoms with E-state index >= 15 is 0 Å². The number of thioether (sulfide) groups is 1. The van der Waals surface area contributed by atoms with E-state index in [-0.39, 0.29) is 0 Å². The van der Waals surface area contributed by atoms with Gasteiger partial charge in [-0.15, -0.1) is 11.8 Å². The lowest BCUT2D eigenvalue weighted by Crippen LogP contribution is -2.09. The number of ether oxygens (including phenoxy) is 1. The first-order chi connectivity index (χ1) is 10.7. The Hall–Kier alpha value is -1.45. The summed E-state index contributed by atoms with van der Waals surface area (Å²) in [6.45, 7) is 5.88. The molecule has 0 bridgehead atoms. The summed E-state index contributed by atoms with van der Waals surface area (Å²) < 4.78 is 5.56. The fourth-order valence-electron chi connectivity index (χ4n) is 2.28. The zero-order valence-corrected chi connectivity index (χ0v) is 14.5. The Labute approximate surface area is 138 Å². The SMILES string of the molecule is CSc1cc(NCCCOC(C)C)ccc1-c1ccccc1. The first-order valence-corrected chi connectivity index (χ1v) is 9.02. The molecule has 0 radical (unpaired) electrons. The van der Waals surface area contributed by atoms with Gasteiger partial charge in [-0.2, -0.15) is 0 Å². The maximum atomic E-state index is 5.56. The second kappa shape index (κ2) is 8.86. The van der Waals surface area contributed by atoms with Gasteiger partial charge in [-0.25, -0.2) is 0 Å². The van der Waals surface area contributed by atoms with Gasteiger partial charge in [0.25, 0.3) is 0 Å². The maximum absolute atomic E-state index is 5.56. The Balaban J connectivity index is 1.97. The molecule has 118 valence electrons. The van der Waals surface area contributed by atoms with Crippen LogP contribution in [0.4, 0.5) is 5.69 Å². The summed E-state index contributed by atoms with van der Waals surface area (Å²) in [5, 5.41) is 3.48. The second-order valence-corrected chi connectivity index (χ2v) is 6.33. The van der Waals surface area contributed by atoms with Gasteiger partial charge in [0.2, 0.25) is 0 Å². The lowest BCUT2D eigenvalue weighted by Gasteiger charge is -2.12. The Bertz CT molecular complexity index is 569. The number of hydrogen-bond donors (Lipinski definition) is 1. The molecule has 1 N–H and O–H groups in total. The minimum atomic E-state index is 0.313. The monoisotopic (exact) mass is 315 g/mol. The topological polar surface area (TPSA) is 21.3 Å². The van der Waals surface area contributed by atoms with E-state index in [9.17, 15) is 0 Å². The van der Waals surface area contributed by atoms with Gasteiger partial charge in [0.05, 0.1) is 6.10 Å². The molecule has 0 aliphatic carbocycles. The first-order valence-electron chi connectivity index (χ1n) is 7.79. The molecular weight excluding hydrogens is 290 g/mol. The smallest absolute Gasteiger partial charge is 0.0518 e. The molecule has 0 fully saturated rings. The average molecular weight is 315 g/mol. The van der Waals surface area contributed by atoms with E-state index in [0.29, 0.717) is 6.10 Å². The summed E-state index contributed by atoms with van der Waals surface area (Å²) in [7, 11) is 0. The third-order valence-electron chi connectivity index (χ3n) is 3.39. The zero-order valence-electron chi connectivity index (χ0n) is 13.6. The fraction of sp³-hybridized carbons (Fsp3) is 0.368. The summed E-state index contributed by atoms with van der Waals surface area (Å²) in [6.07, 6.45) is 3.46. The standard InChI is InChI=1S/C19H25NOS/c1-15(2)21-13-7-12-20-17-10-11-18(19(14-17)22-3)16-8-5-4-6-9-16/h4-6,8-11,14-15,20H,7,12-13H2,1-3H3. The van der Waals surface area contributed by atoms with Crippen LogP contribution < -0.4 is 5.32 Å². The molecular formula is C19H25NOS. The number of hydrogen-bond acceptors (Lipinski definition) is 3. The predicted molar refractivity (Wildman–Crippen MR) is 97.9 cm³/mol. The van der Waals surface area contributed by atoms with Crippen molar-refractivity contribution in [3.05, 3.63) is 48.5 Å². The Kier molecular flexibility index (Phi) is 6.81. The average Bonchev–Trinajstić information content (AvgIpc) is 2.55. The largest absolute Gasteiger partial charge is 0.385 e. The molecule has 0 aliphatic rings. The number of benzene rings is 2. The van der Waals surface area contributed by atoms with Crippen LogP contribution in [0.5, 0.6) is 0 Å². The predicted octanol–water partition coefficient (Wildman–Crippen LogP) is 5.30. The number of rotatable bonds is 8. The van der Waals surface area contributed by atoms with Crippen molar-refractivity contribution in [2.45, 2.75) is 31.3 Å². The molecule has 2 nitrogen and oxygen atoms in total. The van der Waals surface area contributed by atoms with E-state index in [0.717, 1.165) is 19.6 Å². The Morgan fingerprint density at radius 2 is 1.86 bits per heavy atom. The van der Waals surface area contributed by atoms with Crippen molar-refractivity contribution in [3.63, 3.8) is 0 Å². The van der Waals surface area contributed by atoms with Crippen LogP contribution in [0.25, 0.3) is 11.1 Å². The normalized spacial score (nSPS) is 10.9. The van der Waals surface area contributed by atoms with Crippen molar-refractivity contribution in [2.24, 2.45) is 0 Å². The maximum Gasteiger partial charge on any atom is 0.0518 e. The quantitative estimate of drug-likeness (QED) is 0.527. The molecule has 3 heteroatoms. The summed E-state index contributed by atoms with van der Waals surface area (Å²) in [5.41, 5.74) is 3.74. The second-order valence-electron chi connectivity index (χ2n) is 5.48. The summed E-state index contributed by atoms with van der Waals surface area (Å²) in [6, 6.07) is 17.1. The van der Waals surface area contributed by atoms with Crippen molar-refractivity contribution >= 4 is 17.4 Å². The molecule has 0 unspecified atom stereocenters. The van der Waals surface area contributed by atoms with Crippen LogP contribution in [0.15, 0.2) is 53.4 Å². The molecule has 0 amide bonds. The molecule has 2 aromatic rings. The van der Waals surface area contributed by atoms with Crippen molar-refractivity contribution in [3.8, 4) is 11.1 Å². The summed E-state index contributed by atoms with van der Waals surface area (Å²) in [4.78, 5) is 1.30. The van der Waals surface area contributed by atoms with E-state index < -0.39 is 0 Å². The van der Waals surface area contributed by atoms with Gasteiger partial charge >= 0.3 is 0 Å². The van der Waals surface area contributed by atoms with Crippen LogP contribution in [0.3, 0.4) is 0 Å². The van der Waals surface area contributed by atoms with Crippen molar-refractivity contribution in [1.29, 1.82) is 0 Å². The van der Waals surface area contributed by atoms with Gasteiger partial charge < -0.3 is 10.1 Å². The van der Waals surface area contributed by atoms with Crippen LogP contribution in [0.1, 0.15) is 20.3 Å². The van der Waals surface area contributed by atoms with Gasteiger partial charge in [-0.3, -0.25) is 0 Å². The lowest BCUT2D eigenvalue weighted by atomic mass is 10.1. The van der Waals surface area contributed by atoms with E-state index in [1.54, 1.807) is 11.8 Å². The number of anilines is 1. The molecule has 0 saturated carbocycles. The molecule has 0 aliphatic heterocycles. The van der Waals surface area contributed by atoms with Crippen LogP contribution in [0.2, 0.25) is 0 Å². The summed E-state index contributed by atoms with van der Waals surface area (Å²) >= 11 is 1.79. The Morgan fingerprint density at radius 1 is 1.09 bits per heavy atom. The molecule has 22 heavy (non-hydrogen) atoms. The molecule has 0 heterocycles. The highest BCUT2D eigenvalue weighted by atomic mass is 32.2. The highest BCUT2D eigenvalue weighted by Gasteiger charge is 2.05. The van der Waals surface area contributed by atoms with Gasteiger partial charge in [0.15, 0.2) is 0 Å². The molecule has 0 aromatic heterocycles. The van der Waals surface area contributed by atoms with Crippen LogP contribution >= 0.6 is 11.8 Å². The highest BCUT2D eigenvalue weighted by Crippen LogP contribution is 2.32. The van der Waals surface area contributed by atoms with Crippen molar-refractivity contribution in [2.75, 3.05) is 24.7 Å². The van der Waals surface area contributed by atoms with Crippen molar-refractivity contribution in [1.82, 2.24) is 0 Å². The van der Waals surface area contributed by atoms with E-state index in [1.807, 2.05) is 0 Å². The molecule has 2 aromatic carbocycles. The van der Waals surface area contributed by atoms with Crippen molar-refractivity contribution < 1.29 is 4.74 Å². The van der Waals surface area contributed by atoms with Gasteiger partial charge in [0.1, 0.15) is 0 Å². The molecule has 2 rings (SSSR count). The lowest BCUT2D eigenvalue weighted by molar-refractivity contribution is 0.0787. The van der Waals surface area contributed by atoms with Crippen LogP contribution in [-0.2, 0) is 4.74 Å². The minimum absolute atomic E-state index is 0.313. The minimum Gasteiger partial charge on any atom is -0.385 e. The highest BCUT2D eigenvalue weighted by molar-refractivity contribution is 7.98. The van der Waals surface area contributed by atoms with E-state index in [4.69, 9.17) is 4.74 Å². The summed E-state index contributed by atoms with van der Waals surface area (Å²) in [5.74, 6) is 0. The third kappa shape index (κ3) is 5.08. The van der Waals surface area contributed by atoms with Gasteiger partial charge in [-0.05, 0) is 49.8 Å². The zero-order chi connectivity index (χ0) is 15.8. The number of nitrogens with one attached hydrogen (secondary N) is 1. The van der Waals surface area contributed by atoms with Gasteiger partial charge in [0, 0.05) is 23.7 Å². The molecule has 0 saturated heterocycles. The molecule has 0 atom stereocenters. The first kappa shape index (κ1) is 16.9. The molecule has 0 spiro atoms. The van der Waals surface area contributed by atoms with Crippen LogP contribution in [0, 0.1) is 0 Å². The third-order valence-corrected chi connectivity index (χ3v) is 4.17. The van der Waals surface area contributed by atoms with Crippen LogP contribution in [-0.4, -0.2) is 25.5 Å².